The van der Waals surface area contributed by atoms with Crippen molar-refractivity contribution in [3.63, 3.8) is 0 Å². The molecule has 0 saturated heterocycles. The van der Waals surface area contributed by atoms with Crippen molar-refractivity contribution in [1.29, 1.82) is 0 Å². The molecule has 1 amide bonds. The van der Waals surface area contributed by atoms with Gasteiger partial charge in [-0.15, -0.1) is 0 Å². The monoisotopic (exact) mass is 397 g/mol. The zero-order valence-corrected chi connectivity index (χ0v) is 15.2. The average Bonchev–Trinajstić information content (AvgIpc) is 2.64. The van der Waals surface area contributed by atoms with Crippen LogP contribution in [-0.4, -0.2) is 17.9 Å². The Kier molecular flexibility index (Phi) is 6.77. The molecule has 150 valence electrons. The fourth-order valence-corrected chi connectivity index (χ4v) is 2.41. The van der Waals surface area contributed by atoms with Crippen molar-refractivity contribution < 1.29 is 31.9 Å². The fraction of sp³-hybridized carbons (Fsp3) is 0.300. The number of carbonyl (C=O) groups excluding carboxylic acids is 2. The highest BCUT2D eigenvalue weighted by atomic mass is 19.4. The summed E-state index contributed by atoms with van der Waals surface area (Å²) in [6.07, 6.45) is -4.73. The van der Waals surface area contributed by atoms with Gasteiger partial charge in [0.1, 0.15) is 18.5 Å². The highest BCUT2D eigenvalue weighted by Crippen LogP contribution is 2.30. The van der Waals surface area contributed by atoms with E-state index >= 15 is 0 Å². The molecule has 1 atom stereocenters. The topological polar surface area (TPSA) is 55.4 Å². The summed E-state index contributed by atoms with van der Waals surface area (Å²) in [5.74, 6) is -3.44. The van der Waals surface area contributed by atoms with Crippen LogP contribution in [-0.2, 0) is 22.3 Å². The summed E-state index contributed by atoms with van der Waals surface area (Å²) in [6.45, 7) is 3.21. The summed E-state index contributed by atoms with van der Waals surface area (Å²) in [6, 6.07) is 9.19. The van der Waals surface area contributed by atoms with Crippen molar-refractivity contribution in [3.8, 4) is 0 Å². The van der Waals surface area contributed by atoms with Crippen LogP contribution < -0.4 is 5.32 Å². The molecule has 2 rings (SSSR count). The van der Waals surface area contributed by atoms with Gasteiger partial charge in [-0.25, -0.2) is 9.18 Å². The summed E-state index contributed by atoms with van der Waals surface area (Å²) in [5, 5.41) is 2.27. The van der Waals surface area contributed by atoms with Crippen LogP contribution in [0.25, 0.3) is 0 Å². The van der Waals surface area contributed by atoms with E-state index in [0.717, 1.165) is 5.56 Å². The number of esters is 1. The largest absolute Gasteiger partial charge is 0.459 e. The summed E-state index contributed by atoms with van der Waals surface area (Å²) >= 11 is 0. The number of rotatable bonds is 6. The molecule has 0 saturated carbocycles. The Morgan fingerprint density at radius 2 is 1.71 bits per heavy atom. The van der Waals surface area contributed by atoms with E-state index in [0.29, 0.717) is 18.2 Å². The number of nitrogens with one attached hydrogen (secondary N) is 1. The zero-order valence-electron chi connectivity index (χ0n) is 15.2. The van der Waals surface area contributed by atoms with Crippen molar-refractivity contribution in [3.05, 3.63) is 71.0 Å². The number of alkyl halides is 3. The average molecular weight is 397 g/mol. The number of amides is 1. The Balaban J connectivity index is 2.13. The van der Waals surface area contributed by atoms with Gasteiger partial charge in [-0.05, 0) is 29.7 Å². The number of halogens is 4. The van der Waals surface area contributed by atoms with Gasteiger partial charge in [0.05, 0.1) is 11.1 Å². The Morgan fingerprint density at radius 1 is 1.07 bits per heavy atom. The molecule has 0 unspecified atom stereocenters. The van der Waals surface area contributed by atoms with Crippen LogP contribution >= 0.6 is 0 Å². The molecule has 28 heavy (non-hydrogen) atoms. The van der Waals surface area contributed by atoms with Crippen molar-refractivity contribution in [2.45, 2.75) is 32.7 Å². The van der Waals surface area contributed by atoms with Crippen LogP contribution in [0.5, 0.6) is 0 Å². The fourth-order valence-electron chi connectivity index (χ4n) is 2.41. The van der Waals surface area contributed by atoms with E-state index in [4.69, 9.17) is 4.74 Å². The smallest absolute Gasteiger partial charge is 0.416 e. The van der Waals surface area contributed by atoms with E-state index in [1.165, 1.54) is 0 Å². The minimum Gasteiger partial charge on any atom is -0.459 e. The van der Waals surface area contributed by atoms with Gasteiger partial charge in [-0.1, -0.05) is 44.2 Å². The van der Waals surface area contributed by atoms with Gasteiger partial charge >= 0.3 is 12.1 Å². The van der Waals surface area contributed by atoms with E-state index in [1.807, 2.05) is 0 Å². The van der Waals surface area contributed by atoms with Crippen molar-refractivity contribution in [1.82, 2.24) is 5.32 Å². The summed E-state index contributed by atoms with van der Waals surface area (Å²) < 4.78 is 57.5. The second-order valence-electron chi connectivity index (χ2n) is 6.48. The first kappa shape index (κ1) is 21.4. The second-order valence-corrected chi connectivity index (χ2v) is 6.48. The Hall–Kier alpha value is -2.90. The van der Waals surface area contributed by atoms with Gasteiger partial charge in [0.25, 0.3) is 5.91 Å². The SMILES string of the molecule is CC(C)[C@@H](NC(=O)c1cc(C(F)(F)F)ccc1F)C(=O)OCc1ccccc1. The molecule has 2 aromatic rings. The summed E-state index contributed by atoms with van der Waals surface area (Å²) in [4.78, 5) is 24.6. The molecule has 0 spiro atoms. The molecule has 0 aliphatic heterocycles. The third kappa shape index (κ3) is 5.55. The lowest BCUT2D eigenvalue weighted by Crippen LogP contribution is -2.45. The van der Waals surface area contributed by atoms with E-state index in [-0.39, 0.29) is 6.61 Å². The first-order valence-corrected chi connectivity index (χ1v) is 8.47. The molecule has 0 fully saturated rings. The first-order chi connectivity index (χ1) is 13.1. The first-order valence-electron chi connectivity index (χ1n) is 8.47. The number of ether oxygens (including phenoxy) is 1. The predicted octanol–water partition coefficient (Wildman–Crippen LogP) is 4.34. The van der Waals surface area contributed by atoms with Gasteiger partial charge in [0.15, 0.2) is 0 Å². The van der Waals surface area contributed by atoms with Crippen molar-refractivity contribution in [2.24, 2.45) is 5.92 Å². The van der Waals surface area contributed by atoms with Crippen LogP contribution in [0.1, 0.15) is 35.3 Å². The molecule has 0 aromatic heterocycles. The van der Waals surface area contributed by atoms with Gasteiger partial charge in [0.2, 0.25) is 0 Å². The molecule has 0 aliphatic carbocycles. The van der Waals surface area contributed by atoms with Crippen LogP contribution in [0, 0.1) is 11.7 Å². The van der Waals surface area contributed by atoms with E-state index in [2.05, 4.69) is 5.32 Å². The maximum Gasteiger partial charge on any atom is 0.416 e. The third-order valence-corrected chi connectivity index (χ3v) is 3.97. The molecule has 1 N–H and O–H groups in total. The Bertz CT molecular complexity index is 835. The van der Waals surface area contributed by atoms with Crippen LogP contribution in [0.15, 0.2) is 48.5 Å². The van der Waals surface area contributed by atoms with Gasteiger partial charge in [0, 0.05) is 0 Å². The minimum absolute atomic E-state index is 0.0311. The third-order valence-electron chi connectivity index (χ3n) is 3.97. The Morgan fingerprint density at radius 3 is 2.29 bits per heavy atom. The molecular formula is C20H19F4NO3. The van der Waals surface area contributed by atoms with E-state index in [1.54, 1.807) is 44.2 Å². The minimum atomic E-state index is -4.73. The van der Waals surface area contributed by atoms with E-state index < -0.39 is 47.0 Å². The Labute approximate surface area is 159 Å². The quantitative estimate of drug-likeness (QED) is 0.583. The number of hydrogen-bond acceptors (Lipinski definition) is 3. The molecule has 4 nitrogen and oxygen atoms in total. The molecule has 8 heteroatoms. The lowest BCUT2D eigenvalue weighted by atomic mass is 10.0. The molecule has 0 heterocycles. The predicted molar refractivity (Wildman–Crippen MR) is 93.7 cm³/mol. The number of benzene rings is 2. The zero-order chi connectivity index (χ0) is 20.9. The molecule has 0 bridgehead atoms. The molecule has 2 aromatic carbocycles. The van der Waals surface area contributed by atoms with Gasteiger partial charge in [-0.2, -0.15) is 13.2 Å². The standard InChI is InChI=1S/C20H19F4NO3/c1-12(2)17(19(27)28-11-13-6-4-3-5-7-13)25-18(26)15-10-14(20(22,23)24)8-9-16(15)21/h3-10,12,17H,11H2,1-2H3,(H,25,26)/t17-/m1/s1. The van der Waals surface area contributed by atoms with Crippen LogP contribution in [0.3, 0.4) is 0 Å². The lowest BCUT2D eigenvalue weighted by Gasteiger charge is -2.21. The van der Waals surface area contributed by atoms with Gasteiger partial charge < -0.3 is 10.1 Å². The van der Waals surface area contributed by atoms with Crippen molar-refractivity contribution in [2.75, 3.05) is 0 Å². The van der Waals surface area contributed by atoms with Crippen LogP contribution in [0.4, 0.5) is 17.6 Å². The van der Waals surface area contributed by atoms with Gasteiger partial charge in [-0.3, -0.25) is 4.79 Å². The highest BCUT2D eigenvalue weighted by molar-refractivity contribution is 5.97. The number of hydrogen-bond donors (Lipinski definition) is 1. The lowest BCUT2D eigenvalue weighted by molar-refractivity contribution is -0.148. The normalized spacial score (nSPS) is 12.5. The molecule has 0 radical (unpaired) electrons. The summed E-state index contributed by atoms with van der Waals surface area (Å²) in [5.41, 5.74) is -1.23. The number of carbonyl (C=O) groups is 2. The molecule has 0 aliphatic rings. The van der Waals surface area contributed by atoms with E-state index in [9.17, 15) is 27.2 Å². The maximum atomic E-state index is 13.9. The second kappa shape index (κ2) is 8.86. The maximum absolute atomic E-state index is 13.9. The summed E-state index contributed by atoms with van der Waals surface area (Å²) in [7, 11) is 0. The highest BCUT2D eigenvalue weighted by Gasteiger charge is 2.33. The molecular weight excluding hydrogens is 378 g/mol. The van der Waals surface area contributed by atoms with Crippen molar-refractivity contribution >= 4 is 11.9 Å². The van der Waals surface area contributed by atoms with Crippen LogP contribution in [0.2, 0.25) is 0 Å².